The molecule has 2 N–H and O–H groups in total. The lowest BCUT2D eigenvalue weighted by Gasteiger charge is -2.06. The summed E-state index contributed by atoms with van der Waals surface area (Å²) < 4.78 is 5.28. The number of ether oxygens (including phenoxy) is 1. The third-order valence-corrected chi connectivity index (χ3v) is 3.62. The van der Waals surface area contributed by atoms with Gasteiger partial charge in [0.15, 0.2) is 0 Å². The molecule has 23 heavy (non-hydrogen) atoms. The molecule has 0 atom stereocenters. The second-order valence-electron chi connectivity index (χ2n) is 5.30. The molecule has 0 spiro atoms. The molecule has 0 saturated heterocycles. The minimum Gasteiger partial charge on any atom is -0.508 e. The van der Waals surface area contributed by atoms with Crippen LogP contribution >= 0.6 is 0 Å². The van der Waals surface area contributed by atoms with Crippen LogP contribution in [0.1, 0.15) is 15.9 Å². The van der Waals surface area contributed by atoms with Crippen molar-refractivity contribution in [3.05, 3.63) is 71.8 Å². The second kappa shape index (κ2) is 6.40. The van der Waals surface area contributed by atoms with Gasteiger partial charge in [0.2, 0.25) is 0 Å². The Morgan fingerprint density at radius 3 is 2.26 bits per heavy atom. The van der Waals surface area contributed by atoms with Crippen LogP contribution in [0.2, 0.25) is 0 Å². The first-order chi connectivity index (χ1) is 11.1. The molecule has 0 bridgehead atoms. The third kappa shape index (κ3) is 3.61. The molecule has 4 nitrogen and oxygen atoms in total. The van der Waals surface area contributed by atoms with E-state index >= 15 is 0 Å². The van der Waals surface area contributed by atoms with E-state index in [9.17, 15) is 15.0 Å². The molecule has 0 aliphatic rings. The number of aromatic hydroxyl groups is 2. The fraction of sp³-hybridized carbons (Fsp3) is 0.105. The van der Waals surface area contributed by atoms with Gasteiger partial charge in [0.1, 0.15) is 11.5 Å². The normalized spacial score (nSPS) is 10.6. The van der Waals surface area contributed by atoms with Crippen LogP contribution in [-0.4, -0.2) is 22.8 Å². The van der Waals surface area contributed by atoms with Crippen molar-refractivity contribution in [2.45, 2.75) is 6.42 Å². The largest absolute Gasteiger partial charge is 0.508 e. The van der Waals surface area contributed by atoms with Crippen molar-refractivity contribution in [3.63, 3.8) is 0 Å². The molecule has 0 aliphatic heterocycles. The number of phenols is 2. The van der Waals surface area contributed by atoms with E-state index in [-0.39, 0.29) is 24.1 Å². The Labute approximate surface area is 133 Å². The van der Waals surface area contributed by atoms with Gasteiger partial charge in [-0.3, -0.25) is 0 Å². The lowest BCUT2D eigenvalue weighted by Crippen LogP contribution is -2.08. The highest BCUT2D eigenvalue weighted by molar-refractivity contribution is 5.95. The van der Waals surface area contributed by atoms with E-state index in [1.807, 2.05) is 0 Å². The van der Waals surface area contributed by atoms with Crippen LogP contribution in [0.4, 0.5) is 0 Å². The molecule has 3 rings (SSSR count). The minimum atomic E-state index is -0.376. The van der Waals surface area contributed by atoms with Crippen LogP contribution in [-0.2, 0) is 11.2 Å². The Kier molecular flexibility index (Phi) is 4.15. The maximum absolute atomic E-state index is 12.1. The van der Waals surface area contributed by atoms with Gasteiger partial charge in [0, 0.05) is 6.42 Å². The zero-order valence-corrected chi connectivity index (χ0v) is 12.4. The standard InChI is InChI=1S/C19H16O4/c20-17-6-1-13(2-7-17)9-10-23-19(22)16-4-3-15-12-18(21)8-5-14(15)11-16/h1-8,11-12,20-21H,9-10H2. The average Bonchev–Trinajstić information content (AvgIpc) is 2.56. The lowest BCUT2D eigenvalue weighted by atomic mass is 10.1. The summed E-state index contributed by atoms with van der Waals surface area (Å²) in [6.07, 6.45) is 0.591. The fourth-order valence-corrected chi connectivity index (χ4v) is 2.37. The quantitative estimate of drug-likeness (QED) is 0.722. The van der Waals surface area contributed by atoms with Gasteiger partial charge in [-0.2, -0.15) is 0 Å². The van der Waals surface area contributed by atoms with Crippen molar-refractivity contribution >= 4 is 16.7 Å². The number of carbonyl (C=O) groups excluding carboxylic acids is 1. The molecule has 3 aromatic carbocycles. The van der Waals surface area contributed by atoms with E-state index in [0.29, 0.717) is 12.0 Å². The Hall–Kier alpha value is -3.01. The fourth-order valence-electron chi connectivity index (χ4n) is 2.37. The smallest absolute Gasteiger partial charge is 0.338 e. The van der Waals surface area contributed by atoms with Gasteiger partial charge in [-0.05, 0) is 52.7 Å². The average molecular weight is 308 g/mol. The summed E-state index contributed by atoms with van der Waals surface area (Å²) in [4.78, 5) is 12.1. The molecule has 0 saturated carbocycles. The molecule has 0 unspecified atom stereocenters. The number of carbonyl (C=O) groups is 1. The number of hydrogen-bond donors (Lipinski definition) is 2. The van der Waals surface area contributed by atoms with Crippen molar-refractivity contribution in [1.82, 2.24) is 0 Å². The van der Waals surface area contributed by atoms with Gasteiger partial charge in [-0.1, -0.05) is 24.3 Å². The van der Waals surface area contributed by atoms with Gasteiger partial charge < -0.3 is 14.9 Å². The highest BCUT2D eigenvalue weighted by atomic mass is 16.5. The van der Waals surface area contributed by atoms with Crippen LogP contribution in [0.5, 0.6) is 11.5 Å². The molecule has 0 heterocycles. The maximum Gasteiger partial charge on any atom is 0.338 e. The molecular weight excluding hydrogens is 292 g/mol. The van der Waals surface area contributed by atoms with Crippen molar-refractivity contribution in [1.29, 1.82) is 0 Å². The molecule has 3 aromatic rings. The number of fused-ring (bicyclic) bond motifs is 1. The molecular formula is C19H16O4. The SMILES string of the molecule is O=C(OCCc1ccc(O)cc1)c1ccc2cc(O)ccc2c1. The summed E-state index contributed by atoms with van der Waals surface area (Å²) in [5.41, 5.74) is 1.47. The monoisotopic (exact) mass is 308 g/mol. The Bertz CT molecular complexity index is 838. The number of benzene rings is 3. The van der Waals surface area contributed by atoms with Crippen molar-refractivity contribution < 1.29 is 19.7 Å². The van der Waals surface area contributed by atoms with Crippen molar-refractivity contribution in [3.8, 4) is 11.5 Å². The van der Waals surface area contributed by atoms with E-state index in [1.54, 1.807) is 60.7 Å². The van der Waals surface area contributed by atoms with Gasteiger partial charge in [0.25, 0.3) is 0 Å². The molecule has 4 heteroatoms. The number of phenolic OH excluding ortho intramolecular Hbond substituents is 2. The van der Waals surface area contributed by atoms with Crippen LogP contribution < -0.4 is 0 Å². The van der Waals surface area contributed by atoms with Gasteiger partial charge in [-0.25, -0.2) is 4.79 Å². The first-order valence-electron chi connectivity index (χ1n) is 7.30. The summed E-state index contributed by atoms with van der Waals surface area (Å²) >= 11 is 0. The zero-order chi connectivity index (χ0) is 16.2. The predicted molar refractivity (Wildman–Crippen MR) is 87.7 cm³/mol. The molecule has 0 fully saturated rings. The molecule has 0 aliphatic carbocycles. The molecule has 116 valence electrons. The van der Waals surface area contributed by atoms with Crippen molar-refractivity contribution in [2.75, 3.05) is 6.61 Å². The van der Waals surface area contributed by atoms with Crippen LogP contribution in [0, 0.1) is 0 Å². The minimum absolute atomic E-state index is 0.196. The maximum atomic E-state index is 12.1. The van der Waals surface area contributed by atoms with Crippen LogP contribution in [0.3, 0.4) is 0 Å². The lowest BCUT2D eigenvalue weighted by molar-refractivity contribution is 0.0509. The van der Waals surface area contributed by atoms with E-state index < -0.39 is 0 Å². The summed E-state index contributed by atoms with van der Waals surface area (Å²) in [5, 5.41) is 20.4. The van der Waals surface area contributed by atoms with E-state index in [2.05, 4.69) is 0 Å². The van der Waals surface area contributed by atoms with Gasteiger partial charge >= 0.3 is 5.97 Å². The predicted octanol–water partition coefficient (Wildman–Crippen LogP) is 3.65. The van der Waals surface area contributed by atoms with E-state index in [1.165, 1.54) is 0 Å². The van der Waals surface area contributed by atoms with Gasteiger partial charge in [-0.15, -0.1) is 0 Å². The van der Waals surface area contributed by atoms with E-state index in [4.69, 9.17) is 4.74 Å². The van der Waals surface area contributed by atoms with Gasteiger partial charge in [0.05, 0.1) is 12.2 Å². The molecule has 0 radical (unpaired) electrons. The first-order valence-corrected chi connectivity index (χ1v) is 7.30. The van der Waals surface area contributed by atoms with Crippen molar-refractivity contribution in [2.24, 2.45) is 0 Å². The Balaban J connectivity index is 1.63. The highest BCUT2D eigenvalue weighted by Gasteiger charge is 2.08. The summed E-state index contributed by atoms with van der Waals surface area (Å²) in [7, 11) is 0. The molecule has 0 amide bonds. The summed E-state index contributed by atoms with van der Waals surface area (Å²) in [6, 6.07) is 17.0. The zero-order valence-electron chi connectivity index (χ0n) is 12.4. The first kappa shape index (κ1) is 14.9. The third-order valence-electron chi connectivity index (χ3n) is 3.62. The highest BCUT2D eigenvalue weighted by Crippen LogP contribution is 2.21. The number of hydrogen-bond acceptors (Lipinski definition) is 4. The topological polar surface area (TPSA) is 66.8 Å². The number of esters is 1. The Morgan fingerprint density at radius 1 is 0.826 bits per heavy atom. The molecule has 0 aromatic heterocycles. The Morgan fingerprint density at radius 2 is 1.48 bits per heavy atom. The van der Waals surface area contributed by atoms with Crippen LogP contribution in [0.15, 0.2) is 60.7 Å². The van der Waals surface area contributed by atoms with E-state index in [0.717, 1.165) is 16.3 Å². The summed E-state index contributed by atoms with van der Waals surface area (Å²) in [5.74, 6) is 0.0356. The number of rotatable bonds is 4. The summed E-state index contributed by atoms with van der Waals surface area (Å²) in [6.45, 7) is 0.275. The second-order valence-corrected chi connectivity index (χ2v) is 5.30. The van der Waals surface area contributed by atoms with Crippen LogP contribution in [0.25, 0.3) is 10.8 Å².